The van der Waals surface area contributed by atoms with Crippen LogP contribution in [0.15, 0.2) is 36.4 Å². The van der Waals surface area contributed by atoms with Crippen LogP contribution in [0.4, 0.5) is 0 Å². The Morgan fingerprint density at radius 2 is 1.86 bits per heavy atom. The van der Waals surface area contributed by atoms with Gasteiger partial charge >= 0.3 is 0 Å². The number of likely N-dealkylation sites (tertiary alicyclic amines) is 1. The van der Waals surface area contributed by atoms with E-state index in [0.29, 0.717) is 24.0 Å². The predicted octanol–water partition coefficient (Wildman–Crippen LogP) is 2.39. The van der Waals surface area contributed by atoms with Crippen LogP contribution in [0.3, 0.4) is 0 Å². The average Bonchev–Trinajstić information content (AvgIpc) is 2.43. The van der Waals surface area contributed by atoms with Crippen molar-refractivity contribution in [2.45, 2.75) is 19.4 Å². The van der Waals surface area contributed by atoms with Crippen molar-refractivity contribution >= 4 is 16.7 Å². The highest BCUT2D eigenvalue weighted by atomic mass is 16.3. The van der Waals surface area contributed by atoms with Crippen LogP contribution in [0.25, 0.3) is 10.8 Å². The zero-order chi connectivity index (χ0) is 15.2. The zero-order valence-corrected chi connectivity index (χ0v) is 12.2. The van der Waals surface area contributed by atoms with Crippen LogP contribution < -0.4 is 0 Å². The molecule has 2 aromatic carbocycles. The van der Waals surface area contributed by atoms with Crippen LogP contribution in [0, 0.1) is 5.92 Å². The molecule has 0 radical (unpaired) electrons. The third-order valence-electron chi connectivity index (χ3n) is 4.42. The van der Waals surface area contributed by atoms with Crippen molar-refractivity contribution in [3.8, 4) is 5.75 Å². The van der Waals surface area contributed by atoms with Gasteiger partial charge in [0.05, 0.1) is 18.7 Å². The number of hydrogen-bond acceptors (Lipinski definition) is 3. The van der Waals surface area contributed by atoms with Gasteiger partial charge in [-0.2, -0.15) is 0 Å². The van der Waals surface area contributed by atoms with Crippen molar-refractivity contribution in [2.75, 3.05) is 13.1 Å². The Kier molecular flexibility index (Phi) is 3.14. The minimum atomic E-state index is -0.803. The number of fused-ring (bicyclic) bond motifs is 1. The summed E-state index contributed by atoms with van der Waals surface area (Å²) in [7, 11) is 0. The summed E-state index contributed by atoms with van der Waals surface area (Å²) in [5, 5.41) is 22.1. The zero-order valence-electron chi connectivity index (χ0n) is 12.2. The number of hydrogen-bond donors (Lipinski definition) is 2. The summed E-state index contributed by atoms with van der Waals surface area (Å²) in [5.74, 6) is -0.117. The van der Waals surface area contributed by atoms with E-state index in [2.05, 4.69) is 0 Å². The number of β-amino-alcohol motifs (C(OH)–C–C–N with tert-alkyl or cyclic N) is 1. The van der Waals surface area contributed by atoms with Crippen LogP contribution in [0.2, 0.25) is 0 Å². The molecular formula is C17H19NO3. The van der Waals surface area contributed by atoms with E-state index in [-0.39, 0.29) is 17.6 Å². The van der Waals surface area contributed by atoms with Crippen molar-refractivity contribution in [3.63, 3.8) is 0 Å². The van der Waals surface area contributed by atoms with Crippen molar-refractivity contribution in [3.05, 3.63) is 42.0 Å². The first kappa shape index (κ1) is 13.9. The molecule has 0 saturated carbocycles. The van der Waals surface area contributed by atoms with Gasteiger partial charge in [-0.05, 0) is 17.4 Å². The number of carbonyl (C=O) groups is 1. The summed E-state index contributed by atoms with van der Waals surface area (Å²) in [6, 6.07) is 10.9. The molecule has 0 aliphatic carbocycles. The summed E-state index contributed by atoms with van der Waals surface area (Å²) in [4.78, 5) is 14.0. The Morgan fingerprint density at radius 1 is 1.19 bits per heavy atom. The molecule has 0 spiro atoms. The topological polar surface area (TPSA) is 60.8 Å². The van der Waals surface area contributed by atoms with Gasteiger partial charge in [0.1, 0.15) is 11.4 Å². The molecule has 0 atom stereocenters. The number of benzene rings is 2. The molecule has 1 aliphatic rings. The highest BCUT2D eigenvalue weighted by Crippen LogP contribution is 2.34. The second-order valence-electron chi connectivity index (χ2n) is 6.10. The minimum absolute atomic E-state index is 0.0121. The van der Waals surface area contributed by atoms with E-state index < -0.39 is 5.60 Å². The molecule has 1 aliphatic heterocycles. The fourth-order valence-electron chi connectivity index (χ4n) is 2.72. The van der Waals surface area contributed by atoms with Crippen LogP contribution in [-0.4, -0.2) is 39.7 Å². The predicted molar refractivity (Wildman–Crippen MR) is 81.3 cm³/mol. The first-order chi connectivity index (χ1) is 9.92. The molecule has 1 amide bonds. The number of phenols is 1. The van der Waals surface area contributed by atoms with Crippen molar-refractivity contribution in [1.29, 1.82) is 0 Å². The molecule has 0 unspecified atom stereocenters. The molecule has 1 heterocycles. The lowest BCUT2D eigenvalue weighted by molar-refractivity contribution is -0.110. The van der Waals surface area contributed by atoms with Gasteiger partial charge in [0, 0.05) is 5.39 Å². The van der Waals surface area contributed by atoms with E-state index in [1.165, 1.54) is 0 Å². The van der Waals surface area contributed by atoms with Gasteiger partial charge in [0.15, 0.2) is 0 Å². The van der Waals surface area contributed by atoms with E-state index >= 15 is 0 Å². The average molecular weight is 285 g/mol. The number of carbonyl (C=O) groups excluding carboxylic acids is 1. The molecule has 1 fully saturated rings. The molecule has 0 aromatic heterocycles. The lowest BCUT2D eigenvalue weighted by Crippen LogP contribution is -2.65. The fraction of sp³-hybridized carbons (Fsp3) is 0.353. The first-order valence-electron chi connectivity index (χ1n) is 7.15. The quantitative estimate of drug-likeness (QED) is 0.890. The van der Waals surface area contributed by atoms with Gasteiger partial charge in [-0.3, -0.25) is 4.79 Å². The molecule has 2 aromatic rings. The first-order valence-corrected chi connectivity index (χ1v) is 7.15. The number of rotatable bonds is 2. The summed E-state index contributed by atoms with van der Waals surface area (Å²) in [6.45, 7) is 4.51. The van der Waals surface area contributed by atoms with Gasteiger partial charge in [0.2, 0.25) is 0 Å². The van der Waals surface area contributed by atoms with Crippen molar-refractivity contribution < 1.29 is 15.0 Å². The van der Waals surface area contributed by atoms with E-state index in [4.69, 9.17) is 0 Å². The Bertz CT molecular complexity index is 702. The van der Waals surface area contributed by atoms with Crippen LogP contribution in [0.5, 0.6) is 5.75 Å². The molecule has 21 heavy (non-hydrogen) atoms. The molecule has 4 nitrogen and oxygen atoms in total. The highest BCUT2D eigenvalue weighted by Gasteiger charge is 2.46. The number of nitrogens with zero attached hydrogens (tertiary/aromatic N) is 1. The normalized spacial score (nSPS) is 17.0. The number of aliphatic hydroxyl groups is 1. The van der Waals surface area contributed by atoms with Crippen molar-refractivity contribution in [2.24, 2.45) is 5.92 Å². The van der Waals surface area contributed by atoms with Crippen LogP contribution >= 0.6 is 0 Å². The maximum Gasteiger partial charge on any atom is 0.257 e. The summed E-state index contributed by atoms with van der Waals surface area (Å²) < 4.78 is 0. The number of aromatic hydroxyl groups is 1. The van der Waals surface area contributed by atoms with Crippen LogP contribution in [0.1, 0.15) is 24.2 Å². The van der Waals surface area contributed by atoms with Gasteiger partial charge < -0.3 is 15.1 Å². The molecule has 4 heteroatoms. The van der Waals surface area contributed by atoms with Gasteiger partial charge in [-0.15, -0.1) is 0 Å². The largest absolute Gasteiger partial charge is 0.506 e. The number of phenolic OH excluding ortho intramolecular Hbond substituents is 1. The Morgan fingerprint density at radius 3 is 2.52 bits per heavy atom. The standard InChI is InChI=1S/C17H19NO3/c1-11(2)17(21)9-18(10-17)16(20)14-8-7-12-5-3-4-6-13(12)15(14)19/h3-8,11,19,21H,9-10H2,1-2H3. The summed E-state index contributed by atoms with van der Waals surface area (Å²) in [6.07, 6.45) is 0. The Hall–Kier alpha value is -2.07. The lowest BCUT2D eigenvalue weighted by atomic mass is 9.82. The molecule has 0 bridgehead atoms. The van der Waals surface area contributed by atoms with E-state index in [1.807, 2.05) is 38.1 Å². The van der Waals surface area contributed by atoms with Gasteiger partial charge in [-0.25, -0.2) is 0 Å². The summed E-state index contributed by atoms with van der Waals surface area (Å²) >= 11 is 0. The molecule has 110 valence electrons. The summed E-state index contributed by atoms with van der Waals surface area (Å²) in [5.41, 5.74) is -0.512. The fourth-order valence-corrected chi connectivity index (χ4v) is 2.72. The van der Waals surface area contributed by atoms with E-state index in [0.717, 1.165) is 5.39 Å². The maximum atomic E-state index is 12.5. The highest BCUT2D eigenvalue weighted by molar-refractivity contribution is 6.03. The molecular weight excluding hydrogens is 266 g/mol. The second kappa shape index (κ2) is 4.74. The SMILES string of the molecule is CC(C)C1(O)CN(C(=O)c2ccc3ccccc3c2O)C1. The maximum absolute atomic E-state index is 12.5. The molecule has 1 saturated heterocycles. The van der Waals surface area contributed by atoms with Gasteiger partial charge in [-0.1, -0.05) is 44.2 Å². The van der Waals surface area contributed by atoms with E-state index in [1.54, 1.807) is 17.0 Å². The van der Waals surface area contributed by atoms with Gasteiger partial charge in [0.25, 0.3) is 5.91 Å². The second-order valence-corrected chi connectivity index (χ2v) is 6.10. The Labute approximate surface area is 123 Å². The minimum Gasteiger partial charge on any atom is -0.506 e. The third-order valence-corrected chi connectivity index (χ3v) is 4.42. The monoisotopic (exact) mass is 285 g/mol. The van der Waals surface area contributed by atoms with E-state index in [9.17, 15) is 15.0 Å². The molecule has 2 N–H and O–H groups in total. The number of amides is 1. The lowest BCUT2D eigenvalue weighted by Gasteiger charge is -2.49. The third kappa shape index (κ3) is 2.16. The smallest absolute Gasteiger partial charge is 0.257 e. The molecule has 3 rings (SSSR count). The van der Waals surface area contributed by atoms with Crippen LogP contribution in [-0.2, 0) is 0 Å². The Balaban J connectivity index is 1.88. The van der Waals surface area contributed by atoms with Crippen molar-refractivity contribution in [1.82, 2.24) is 4.90 Å².